The van der Waals surface area contributed by atoms with Crippen molar-refractivity contribution in [2.45, 2.75) is 19.4 Å². The third kappa shape index (κ3) is 3.45. The van der Waals surface area contributed by atoms with Gasteiger partial charge in [0.25, 0.3) is 0 Å². The van der Waals surface area contributed by atoms with Gasteiger partial charge in [0.2, 0.25) is 0 Å². The summed E-state index contributed by atoms with van der Waals surface area (Å²) in [5.41, 5.74) is 0.547. The zero-order chi connectivity index (χ0) is 10.8. The van der Waals surface area contributed by atoms with Gasteiger partial charge in [-0.15, -0.1) is 13.2 Å². The average molecular weight is 316 g/mol. The van der Waals surface area contributed by atoms with Crippen LogP contribution in [0.5, 0.6) is 0 Å². The first-order chi connectivity index (χ1) is 6.40. The number of ether oxygens (including phenoxy) is 1. The Morgan fingerprint density at radius 2 is 1.86 bits per heavy atom. The van der Waals surface area contributed by atoms with Crippen LogP contribution in [0.4, 0.5) is 13.2 Å². The Morgan fingerprint density at radius 3 is 2.36 bits per heavy atom. The van der Waals surface area contributed by atoms with E-state index in [0.29, 0.717) is 5.56 Å². The number of hydrogen-bond acceptors (Lipinski definition) is 1. The smallest absolute Gasteiger partial charge is 0.284 e. The average Bonchev–Trinajstić information content (AvgIpc) is 2.01. The summed E-state index contributed by atoms with van der Waals surface area (Å²) in [6.07, 6.45) is -5.55. The molecule has 1 atom stereocenters. The van der Waals surface area contributed by atoms with Crippen molar-refractivity contribution in [1.82, 2.24) is 0 Å². The lowest BCUT2D eigenvalue weighted by Gasteiger charge is -2.16. The van der Waals surface area contributed by atoms with Crippen LogP contribution in [0.3, 0.4) is 0 Å². The summed E-state index contributed by atoms with van der Waals surface area (Å²) in [6, 6.07) is 6.82. The van der Waals surface area contributed by atoms with Crippen molar-refractivity contribution in [2.24, 2.45) is 0 Å². The van der Waals surface area contributed by atoms with Crippen molar-refractivity contribution in [3.63, 3.8) is 0 Å². The molecule has 0 heterocycles. The molecule has 14 heavy (non-hydrogen) atoms. The van der Waals surface area contributed by atoms with Gasteiger partial charge in [-0.2, -0.15) is 0 Å². The lowest BCUT2D eigenvalue weighted by molar-refractivity contribution is -0.342. The topological polar surface area (TPSA) is 9.23 Å². The zero-order valence-corrected chi connectivity index (χ0v) is 9.46. The third-order valence-corrected chi connectivity index (χ3v) is 2.64. The summed E-state index contributed by atoms with van der Waals surface area (Å²) >= 11 is 1.98. The minimum absolute atomic E-state index is 0.547. The van der Waals surface area contributed by atoms with E-state index in [2.05, 4.69) is 4.74 Å². The standard InChI is InChI=1S/C9H8F3IO/c1-6(14-9(10,11)12)7-4-2-3-5-8(7)13/h2-6H,1H3. The lowest BCUT2D eigenvalue weighted by atomic mass is 10.1. The van der Waals surface area contributed by atoms with Gasteiger partial charge in [0.05, 0.1) is 6.10 Å². The van der Waals surface area contributed by atoms with Crippen LogP contribution >= 0.6 is 22.6 Å². The fraction of sp³-hybridized carbons (Fsp3) is 0.333. The molecule has 0 amide bonds. The van der Waals surface area contributed by atoms with E-state index in [1.165, 1.54) is 6.92 Å². The Hall–Kier alpha value is -0.300. The number of halogens is 4. The first kappa shape index (κ1) is 11.8. The molecular weight excluding hydrogens is 308 g/mol. The summed E-state index contributed by atoms with van der Waals surface area (Å²) in [5.74, 6) is 0. The van der Waals surface area contributed by atoms with Crippen LogP contribution in [0, 0.1) is 3.57 Å². The fourth-order valence-electron chi connectivity index (χ4n) is 1.07. The van der Waals surface area contributed by atoms with E-state index in [9.17, 15) is 13.2 Å². The summed E-state index contributed by atoms with van der Waals surface area (Å²) < 4.78 is 40.4. The third-order valence-electron chi connectivity index (χ3n) is 1.65. The first-order valence-electron chi connectivity index (χ1n) is 3.89. The lowest BCUT2D eigenvalue weighted by Crippen LogP contribution is -2.16. The van der Waals surface area contributed by atoms with Crippen molar-refractivity contribution < 1.29 is 17.9 Å². The van der Waals surface area contributed by atoms with Crippen LogP contribution in [-0.2, 0) is 4.74 Å². The Kier molecular flexibility index (Phi) is 3.77. The minimum atomic E-state index is -4.58. The Labute approximate surface area is 93.4 Å². The van der Waals surface area contributed by atoms with E-state index in [-0.39, 0.29) is 0 Å². The second-order valence-corrected chi connectivity index (χ2v) is 3.89. The molecule has 0 aromatic heterocycles. The van der Waals surface area contributed by atoms with Gasteiger partial charge in [-0.1, -0.05) is 18.2 Å². The molecule has 5 heteroatoms. The largest absolute Gasteiger partial charge is 0.523 e. The van der Waals surface area contributed by atoms with Gasteiger partial charge >= 0.3 is 6.36 Å². The van der Waals surface area contributed by atoms with Crippen molar-refractivity contribution in [2.75, 3.05) is 0 Å². The molecule has 0 bridgehead atoms. The van der Waals surface area contributed by atoms with Crippen LogP contribution in [0.1, 0.15) is 18.6 Å². The van der Waals surface area contributed by atoms with Gasteiger partial charge in [0.15, 0.2) is 0 Å². The molecule has 0 aliphatic carbocycles. The van der Waals surface area contributed by atoms with E-state index in [4.69, 9.17) is 0 Å². The SMILES string of the molecule is CC(OC(F)(F)F)c1ccccc1I. The van der Waals surface area contributed by atoms with Gasteiger partial charge in [-0.25, -0.2) is 0 Å². The predicted octanol–water partition coefficient (Wildman–Crippen LogP) is 3.89. The maximum Gasteiger partial charge on any atom is 0.523 e. The Morgan fingerprint density at radius 1 is 1.29 bits per heavy atom. The number of benzene rings is 1. The van der Waals surface area contributed by atoms with Crippen molar-refractivity contribution in [1.29, 1.82) is 0 Å². The van der Waals surface area contributed by atoms with Crippen molar-refractivity contribution >= 4 is 22.6 Å². The fourth-order valence-corrected chi connectivity index (χ4v) is 1.89. The highest BCUT2D eigenvalue weighted by molar-refractivity contribution is 14.1. The molecule has 1 nitrogen and oxygen atoms in total. The molecule has 78 valence electrons. The molecule has 0 radical (unpaired) electrons. The van der Waals surface area contributed by atoms with E-state index in [1.54, 1.807) is 24.3 Å². The molecule has 1 aromatic rings. The monoisotopic (exact) mass is 316 g/mol. The summed E-state index contributed by atoms with van der Waals surface area (Å²) in [4.78, 5) is 0. The molecule has 0 N–H and O–H groups in total. The minimum Gasteiger partial charge on any atom is -0.284 e. The molecular formula is C9H8F3IO. The molecule has 0 aliphatic rings. The molecule has 0 fully saturated rings. The van der Waals surface area contributed by atoms with E-state index < -0.39 is 12.5 Å². The van der Waals surface area contributed by atoms with E-state index in [1.807, 2.05) is 22.6 Å². The molecule has 0 aliphatic heterocycles. The van der Waals surface area contributed by atoms with Crippen molar-refractivity contribution in [3.05, 3.63) is 33.4 Å². The molecule has 0 saturated carbocycles. The summed E-state index contributed by atoms with van der Waals surface area (Å²) in [5, 5.41) is 0. The molecule has 1 aromatic carbocycles. The van der Waals surface area contributed by atoms with Crippen LogP contribution in [0.15, 0.2) is 24.3 Å². The Balaban J connectivity index is 2.80. The van der Waals surface area contributed by atoms with E-state index in [0.717, 1.165) is 3.57 Å². The van der Waals surface area contributed by atoms with Crippen LogP contribution in [-0.4, -0.2) is 6.36 Å². The van der Waals surface area contributed by atoms with Gasteiger partial charge in [-0.3, -0.25) is 4.74 Å². The van der Waals surface area contributed by atoms with Crippen molar-refractivity contribution in [3.8, 4) is 0 Å². The molecule has 0 spiro atoms. The zero-order valence-electron chi connectivity index (χ0n) is 7.31. The number of alkyl halides is 3. The predicted molar refractivity (Wildman–Crippen MR) is 54.7 cm³/mol. The quantitative estimate of drug-likeness (QED) is 0.752. The van der Waals surface area contributed by atoms with Gasteiger partial charge < -0.3 is 0 Å². The summed E-state index contributed by atoms with van der Waals surface area (Å²) in [7, 11) is 0. The normalized spacial score (nSPS) is 14.1. The molecule has 1 unspecified atom stereocenters. The van der Waals surface area contributed by atoms with Crippen LogP contribution < -0.4 is 0 Å². The van der Waals surface area contributed by atoms with Crippen LogP contribution in [0.2, 0.25) is 0 Å². The van der Waals surface area contributed by atoms with Gasteiger partial charge in [-0.05, 0) is 41.1 Å². The first-order valence-corrected chi connectivity index (χ1v) is 4.97. The van der Waals surface area contributed by atoms with E-state index >= 15 is 0 Å². The molecule has 0 saturated heterocycles. The van der Waals surface area contributed by atoms with Crippen LogP contribution in [0.25, 0.3) is 0 Å². The highest BCUT2D eigenvalue weighted by atomic mass is 127. The van der Waals surface area contributed by atoms with Gasteiger partial charge in [0.1, 0.15) is 0 Å². The highest BCUT2D eigenvalue weighted by Crippen LogP contribution is 2.29. The van der Waals surface area contributed by atoms with Gasteiger partial charge in [0, 0.05) is 3.57 Å². The summed E-state index contributed by atoms with van der Waals surface area (Å²) in [6.45, 7) is 1.38. The second-order valence-electron chi connectivity index (χ2n) is 2.73. The number of hydrogen-bond donors (Lipinski definition) is 0. The Bertz CT molecular complexity index is 311. The molecule has 1 rings (SSSR count). The second kappa shape index (κ2) is 4.48. The number of rotatable bonds is 2. The highest BCUT2D eigenvalue weighted by Gasteiger charge is 2.32. The maximum atomic E-state index is 11.9. The maximum absolute atomic E-state index is 11.9.